The van der Waals surface area contributed by atoms with Crippen LogP contribution in [0.15, 0.2) is 0 Å². The zero-order valence-corrected chi connectivity index (χ0v) is 32.6. The van der Waals surface area contributed by atoms with Crippen LogP contribution in [0, 0.1) is 28.1 Å². The summed E-state index contributed by atoms with van der Waals surface area (Å²) in [4.78, 5) is 12.8. The first-order valence-corrected chi connectivity index (χ1v) is 17.4. The Morgan fingerprint density at radius 1 is 0.636 bits per heavy atom. The Morgan fingerprint density at radius 3 is 1.70 bits per heavy atom. The number of rotatable bonds is 22. The predicted molar refractivity (Wildman–Crippen MR) is 185 cm³/mol. The van der Waals surface area contributed by atoms with Gasteiger partial charge in [-0.2, -0.15) is 0 Å². The largest absolute Gasteiger partial charge is 0.463 e. The lowest BCUT2D eigenvalue weighted by Crippen LogP contribution is -2.48. The van der Waals surface area contributed by atoms with E-state index in [-0.39, 0.29) is 52.0 Å². The summed E-state index contributed by atoms with van der Waals surface area (Å²) >= 11 is 0. The third-order valence-corrected chi connectivity index (χ3v) is 10.3. The van der Waals surface area contributed by atoms with E-state index in [1.54, 1.807) is 0 Å². The molecule has 0 aliphatic heterocycles. The van der Waals surface area contributed by atoms with Crippen LogP contribution in [0.1, 0.15) is 157 Å². The van der Waals surface area contributed by atoms with Crippen molar-refractivity contribution < 1.29 is 28.5 Å². The molecule has 0 aromatic carbocycles. The molecule has 0 spiro atoms. The summed E-state index contributed by atoms with van der Waals surface area (Å²) in [6, 6.07) is 0. The Labute approximate surface area is 274 Å². The molecule has 3 atom stereocenters. The summed E-state index contributed by atoms with van der Waals surface area (Å²) < 4.78 is 31.0. The van der Waals surface area contributed by atoms with Crippen molar-refractivity contribution in [2.24, 2.45) is 28.1 Å². The number of hydrogen-bond acceptors (Lipinski definition) is 6. The van der Waals surface area contributed by atoms with E-state index in [0.29, 0.717) is 25.2 Å². The van der Waals surface area contributed by atoms with Gasteiger partial charge in [0.1, 0.15) is 6.61 Å². The Kier molecular flexibility index (Phi) is 17.2. The van der Waals surface area contributed by atoms with Gasteiger partial charge in [0.15, 0.2) is 0 Å². The van der Waals surface area contributed by atoms with E-state index < -0.39 is 5.60 Å². The molecule has 0 aromatic rings. The number of carbonyl (C=O) groups excluding carboxylic acids is 1. The minimum absolute atomic E-state index is 0.0306. The minimum Gasteiger partial charge on any atom is -0.463 e. The maximum atomic E-state index is 12.8. The molecule has 0 N–H and O–H groups in total. The highest BCUT2D eigenvalue weighted by Crippen LogP contribution is 2.43. The fourth-order valence-corrected chi connectivity index (χ4v) is 5.26. The van der Waals surface area contributed by atoms with Crippen LogP contribution in [0.4, 0.5) is 0 Å². The molecule has 3 unspecified atom stereocenters. The zero-order chi connectivity index (χ0) is 34.8. The lowest BCUT2D eigenvalue weighted by molar-refractivity contribution is -0.169. The third kappa shape index (κ3) is 15.3. The molecule has 0 aliphatic carbocycles. The van der Waals surface area contributed by atoms with E-state index in [1.807, 2.05) is 0 Å². The number of carbonyl (C=O) groups is 1. The molecule has 264 valence electrons. The Hall–Kier alpha value is -0.690. The van der Waals surface area contributed by atoms with E-state index >= 15 is 0 Å². The van der Waals surface area contributed by atoms with Gasteiger partial charge in [0.25, 0.3) is 0 Å². The fourth-order valence-electron chi connectivity index (χ4n) is 5.26. The molecule has 0 aromatic heterocycles. The van der Waals surface area contributed by atoms with Crippen molar-refractivity contribution in [3.63, 3.8) is 0 Å². The maximum Gasteiger partial charge on any atom is 0.309 e. The van der Waals surface area contributed by atoms with Crippen molar-refractivity contribution >= 4 is 5.97 Å². The molecule has 0 bridgehead atoms. The Bertz CT molecular complexity index is 818. The molecule has 0 rings (SSSR count). The lowest BCUT2D eigenvalue weighted by Gasteiger charge is -2.47. The summed E-state index contributed by atoms with van der Waals surface area (Å²) in [5, 5.41) is 0. The molecule has 6 heteroatoms. The van der Waals surface area contributed by atoms with Gasteiger partial charge in [0.2, 0.25) is 0 Å². The molecule has 6 nitrogen and oxygen atoms in total. The van der Waals surface area contributed by atoms with Crippen LogP contribution in [0.2, 0.25) is 0 Å². The second-order valence-electron chi connectivity index (χ2n) is 17.7. The molecule has 0 saturated carbocycles. The van der Waals surface area contributed by atoms with Gasteiger partial charge >= 0.3 is 5.97 Å². The van der Waals surface area contributed by atoms with E-state index in [9.17, 15) is 4.79 Å². The monoisotopic (exact) mass is 629 g/mol. The molecule has 0 fully saturated rings. The van der Waals surface area contributed by atoms with Crippen LogP contribution >= 0.6 is 0 Å². The Morgan fingerprint density at radius 2 is 1.20 bits per heavy atom. The van der Waals surface area contributed by atoms with Crippen LogP contribution in [-0.4, -0.2) is 61.4 Å². The second-order valence-corrected chi connectivity index (χ2v) is 17.7. The van der Waals surface area contributed by atoms with E-state index in [2.05, 4.69) is 125 Å². The fraction of sp³-hybridized carbons (Fsp3) is 0.974. The minimum atomic E-state index is -0.390. The van der Waals surface area contributed by atoms with Crippen LogP contribution in [-0.2, 0) is 28.5 Å². The van der Waals surface area contributed by atoms with Crippen molar-refractivity contribution in [1.29, 1.82) is 0 Å². The highest BCUT2D eigenvalue weighted by molar-refractivity contribution is 5.73. The first kappa shape index (κ1) is 43.3. The van der Waals surface area contributed by atoms with E-state index in [1.165, 1.54) is 0 Å². The van der Waals surface area contributed by atoms with E-state index in [0.717, 1.165) is 38.7 Å². The first-order valence-electron chi connectivity index (χ1n) is 17.4. The average molecular weight is 629 g/mol. The van der Waals surface area contributed by atoms with Crippen molar-refractivity contribution in [1.82, 2.24) is 0 Å². The van der Waals surface area contributed by atoms with Gasteiger partial charge in [0.05, 0.1) is 48.1 Å². The van der Waals surface area contributed by atoms with Crippen molar-refractivity contribution in [3.8, 4) is 0 Å². The van der Waals surface area contributed by atoms with Crippen molar-refractivity contribution in [2.45, 2.75) is 186 Å². The quantitative estimate of drug-likeness (QED) is 0.0878. The summed E-state index contributed by atoms with van der Waals surface area (Å²) in [7, 11) is 0. The highest BCUT2D eigenvalue weighted by Gasteiger charge is 2.43. The van der Waals surface area contributed by atoms with Gasteiger partial charge in [-0.05, 0) is 110 Å². The second kappa shape index (κ2) is 17.5. The third-order valence-electron chi connectivity index (χ3n) is 10.3. The van der Waals surface area contributed by atoms with Gasteiger partial charge in [-0.15, -0.1) is 0 Å². The van der Waals surface area contributed by atoms with Gasteiger partial charge in [0, 0.05) is 6.61 Å². The predicted octanol–water partition coefficient (Wildman–Crippen LogP) is 10.0. The van der Waals surface area contributed by atoms with Crippen LogP contribution in [0.5, 0.6) is 0 Å². The van der Waals surface area contributed by atoms with Crippen LogP contribution in [0.3, 0.4) is 0 Å². The molecule has 0 aliphatic rings. The topological polar surface area (TPSA) is 63.2 Å². The number of ether oxygens (including phenoxy) is 5. The molecule has 0 saturated heterocycles. The zero-order valence-electron chi connectivity index (χ0n) is 32.6. The molecule has 44 heavy (non-hydrogen) atoms. The lowest BCUT2D eigenvalue weighted by atomic mass is 9.72. The molecule has 0 heterocycles. The number of esters is 1. The summed E-state index contributed by atoms with van der Waals surface area (Å²) in [6.45, 7) is 41.0. The maximum absolute atomic E-state index is 12.8. The first-order chi connectivity index (χ1) is 19.7. The standard InChI is InChI=1S/C38H76O6/c1-19-29(4)40-22-20-34(9,10)38(17,18)44-30(5)27-35(11,12)37(15,16)43-23-21-36(13,14)42-25-24-41-32(39)31(26-28(2)3)33(6,7)8/h28-31H,19-27H2,1-18H3. The molecular weight excluding hydrogens is 552 g/mol. The van der Waals surface area contributed by atoms with Crippen LogP contribution < -0.4 is 0 Å². The molecule has 0 radical (unpaired) electrons. The van der Waals surface area contributed by atoms with Gasteiger partial charge in [-0.3, -0.25) is 4.79 Å². The van der Waals surface area contributed by atoms with Gasteiger partial charge in [-0.25, -0.2) is 0 Å². The van der Waals surface area contributed by atoms with Crippen molar-refractivity contribution in [2.75, 3.05) is 26.4 Å². The Balaban J connectivity index is 4.88. The van der Waals surface area contributed by atoms with Crippen LogP contribution in [0.25, 0.3) is 0 Å². The van der Waals surface area contributed by atoms with Gasteiger partial charge < -0.3 is 23.7 Å². The van der Waals surface area contributed by atoms with Gasteiger partial charge in [-0.1, -0.05) is 69.2 Å². The summed E-state index contributed by atoms with van der Waals surface area (Å²) in [6.07, 6.45) is 4.78. The summed E-state index contributed by atoms with van der Waals surface area (Å²) in [5.74, 6) is 0.200. The molecule has 0 amide bonds. The van der Waals surface area contributed by atoms with E-state index in [4.69, 9.17) is 23.7 Å². The summed E-state index contributed by atoms with van der Waals surface area (Å²) in [5.41, 5.74) is -1.33. The number of hydrogen-bond donors (Lipinski definition) is 0. The average Bonchev–Trinajstić information content (AvgIpc) is 2.82. The highest BCUT2D eigenvalue weighted by atomic mass is 16.6. The smallest absolute Gasteiger partial charge is 0.309 e. The SMILES string of the molecule is CCC(C)OCCC(C)(C)C(C)(C)OC(C)CC(C)(C)C(C)(C)OCCC(C)(C)OCCOC(=O)C(CC(C)C)C(C)(C)C. The van der Waals surface area contributed by atoms with Crippen molar-refractivity contribution in [3.05, 3.63) is 0 Å². The normalized spacial score (nSPS) is 16.2. The molecular formula is C38H76O6.